The average Bonchev–Trinajstić information content (AvgIpc) is 3.18. The highest BCUT2D eigenvalue weighted by atomic mass is 32.2. The molecule has 314 valence electrons. The molecular weight excluding hydrogens is 877 g/mol. The van der Waals surface area contributed by atoms with E-state index in [0.717, 1.165) is 18.2 Å². The Morgan fingerprint density at radius 2 is 0.950 bits per heavy atom. The van der Waals surface area contributed by atoms with Gasteiger partial charge >= 0.3 is 0 Å². The van der Waals surface area contributed by atoms with E-state index in [2.05, 4.69) is 29.8 Å². The SMILES string of the molecule is COc1cc(-c2ccc(N=Nc3ccc4c(S(=O)(=O)O)cc(S(=O)(=O)O)c(N)c4c3O)c(OC)c2)ccc1N=Nc1ccc2c(SOOO)cc(S(=O)(=O)O)c(N)c2c1O. The number of ether oxygens (including phenoxy) is 2. The van der Waals surface area contributed by atoms with Crippen LogP contribution < -0.4 is 20.9 Å². The van der Waals surface area contributed by atoms with Crippen LogP contribution in [0.3, 0.4) is 0 Å². The number of hydrogen-bond acceptors (Lipinski definition) is 20. The van der Waals surface area contributed by atoms with E-state index < -0.39 is 73.3 Å². The van der Waals surface area contributed by atoms with Crippen LogP contribution in [0.5, 0.6) is 23.0 Å². The summed E-state index contributed by atoms with van der Waals surface area (Å²) in [6.45, 7) is 0. The number of fused-ring (bicyclic) bond motifs is 2. The molecule has 0 saturated heterocycles. The molecule has 0 fully saturated rings. The van der Waals surface area contributed by atoms with Crippen molar-refractivity contribution >= 4 is 98.1 Å². The van der Waals surface area contributed by atoms with Crippen molar-refractivity contribution < 1.29 is 73.2 Å². The van der Waals surface area contributed by atoms with Crippen LogP contribution in [0.1, 0.15) is 0 Å². The molecule has 0 aliphatic rings. The smallest absolute Gasteiger partial charge is 0.296 e. The van der Waals surface area contributed by atoms with Crippen LogP contribution in [0, 0.1) is 0 Å². The molecule has 60 heavy (non-hydrogen) atoms. The molecule has 6 aromatic rings. The lowest BCUT2D eigenvalue weighted by atomic mass is 10.0. The third-order valence-corrected chi connectivity index (χ3v) is 12.0. The minimum atomic E-state index is -5.12. The molecule has 22 nitrogen and oxygen atoms in total. The second-order valence-corrected chi connectivity index (χ2v) is 17.0. The van der Waals surface area contributed by atoms with Crippen molar-refractivity contribution in [2.24, 2.45) is 20.5 Å². The zero-order chi connectivity index (χ0) is 43.9. The van der Waals surface area contributed by atoms with Gasteiger partial charge in [0, 0.05) is 15.7 Å². The third kappa shape index (κ3) is 8.45. The van der Waals surface area contributed by atoms with Gasteiger partial charge in [-0.05, 0) is 59.7 Å². The van der Waals surface area contributed by atoms with E-state index in [4.69, 9.17) is 26.2 Å². The Morgan fingerprint density at radius 3 is 1.38 bits per heavy atom. The molecule has 0 saturated carbocycles. The molecule has 0 bridgehead atoms. The number of nitrogens with two attached hydrogens (primary N) is 2. The van der Waals surface area contributed by atoms with Gasteiger partial charge in [0.15, 0.2) is 11.5 Å². The van der Waals surface area contributed by atoms with Crippen molar-refractivity contribution in [1.82, 2.24) is 0 Å². The van der Waals surface area contributed by atoms with Gasteiger partial charge < -0.3 is 31.2 Å². The first-order valence-electron chi connectivity index (χ1n) is 16.1. The predicted molar refractivity (Wildman–Crippen MR) is 213 cm³/mol. The number of phenols is 2. The highest BCUT2D eigenvalue weighted by Gasteiger charge is 2.27. The highest BCUT2D eigenvalue weighted by Crippen LogP contribution is 2.47. The van der Waals surface area contributed by atoms with E-state index in [-0.39, 0.29) is 55.3 Å². The number of aromatic hydroxyl groups is 2. The number of azo groups is 2. The quantitative estimate of drug-likeness (QED) is 0.0141. The number of methoxy groups -OCH3 is 2. The van der Waals surface area contributed by atoms with Crippen molar-refractivity contribution in [3.8, 4) is 34.1 Å². The van der Waals surface area contributed by atoms with Gasteiger partial charge in [0.25, 0.3) is 30.4 Å². The summed E-state index contributed by atoms with van der Waals surface area (Å²) in [4.78, 5) is -2.81. The number of benzene rings is 6. The van der Waals surface area contributed by atoms with Crippen molar-refractivity contribution in [3.63, 3.8) is 0 Å². The Morgan fingerprint density at radius 1 is 0.550 bits per heavy atom. The zero-order valence-electron chi connectivity index (χ0n) is 30.3. The van der Waals surface area contributed by atoms with E-state index in [1.165, 1.54) is 38.5 Å². The predicted octanol–water partition coefficient (Wildman–Crippen LogP) is 7.25. The number of rotatable bonds is 13. The van der Waals surface area contributed by atoms with Gasteiger partial charge in [-0.1, -0.05) is 29.3 Å². The average molecular weight is 905 g/mol. The van der Waals surface area contributed by atoms with E-state index in [9.17, 15) is 49.1 Å². The van der Waals surface area contributed by atoms with Crippen molar-refractivity contribution in [2.75, 3.05) is 25.7 Å². The van der Waals surface area contributed by atoms with Crippen LogP contribution in [0.25, 0.3) is 32.7 Å². The fourth-order valence-electron chi connectivity index (χ4n) is 5.93. The first kappa shape index (κ1) is 43.4. The molecule has 26 heteroatoms. The number of nitrogen functional groups attached to an aromatic ring is 2. The first-order chi connectivity index (χ1) is 28.2. The summed E-state index contributed by atoms with van der Waals surface area (Å²) in [5.41, 5.74) is 11.7. The number of nitrogens with zero attached hydrogens (tertiary/aromatic N) is 4. The molecule has 10 N–H and O–H groups in total. The summed E-state index contributed by atoms with van der Waals surface area (Å²) in [6, 6.07) is 15.9. The normalized spacial score (nSPS) is 12.6. The first-order valence-corrected chi connectivity index (χ1v) is 21.2. The van der Waals surface area contributed by atoms with Gasteiger partial charge in [-0.2, -0.15) is 25.3 Å². The molecular formula is C34H28N6O16S4. The summed E-state index contributed by atoms with van der Waals surface area (Å²) in [5, 5.41) is 49.6. The van der Waals surface area contributed by atoms with Gasteiger partial charge in [-0.25, -0.2) is 5.26 Å². The van der Waals surface area contributed by atoms with Crippen molar-refractivity contribution in [2.45, 2.75) is 19.6 Å². The minimum absolute atomic E-state index is 0.0159. The Hall–Kier alpha value is -6.20. The van der Waals surface area contributed by atoms with Crippen LogP contribution >= 0.6 is 12.0 Å². The fraction of sp³-hybridized carbons (Fsp3) is 0.0588. The molecule has 6 aromatic carbocycles. The van der Waals surface area contributed by atoms with Gasteiger partial charge in [-0.3, -0.25) is 13.7 Å². The summed E-state index contributed by atoms with van der Waals surface area (Å²) >= 11 is 0.366. The van der Waals surface area contributed by atoms with E-state index >= 15 is 0 Å². The molecule has 0 atom stereocenters. The monoisotopic (exact) mass is 904 g/mol. The topological polar surface area (TPSA) is 362 Å². The second kappa shape index (κ2) is 16.5. The molecule has 0 aliphatic carbocycles. The Labute approximate surface area is 342 Å². The van der Waals surface area contributed by atoms with Crippen LogP contribution in [0.4, 0.5) is 34.1 Å². The molecule has 0 radical (unpaired) electrons. The lowest BCUT2D eigenvalue weighted by Gasteiger charge is -2.13. The molecule has 0 amide bonds. The number of phenolic OH excluding ortho intramolecular Hbond substituents is 2. The molecule has 0 aromatic heterocycles. The van der Waals surface area contributed by atoms with Gasteiger partial charge in [0.05, 0.1) is 48.4 Å². The number of hydrogen-bond donors (Lipinski definition) is 8. The maximum Gasteiger partial charge on any atom is 0.296 e. The van der Waals surface area contributed by atoms with Crippen LogP contribution in [-0.2, 0) is 39.7 Å². The standard InChI is InChI=1S/C34H28N6O16S4/c1-53-23-11-15(3-7-19(23)37-39-21-9-5-17-25(57-56-55-43)13-27(59(47,48)49)31(35)29(17)33(21)41)16-4-8-20(24(12-16)54-2)38-40-22-10-6-18-26(58(44,45)46)14-28(60(50,51)52)32(36)30(18)34(22)42/h3-14,41-43H,35-36H2,1-2H3,(H,44,45,46)(H,47,48,49)(H,50,51,52). The minimum Gasteiger partial charge on any atom is -0.505 e. The van der Waals surface area contributed by atoms with Crippen LogP contribution in [0.2, 0.25) is 0 Å². The number of anilines is 2. The Kier molecular flexibility index (Phi) is 11.9. The van der Waals surface area contributed by atoms with Crippen LogP contribution in [-0.4, -0.2) is 68.6 Å². The summed E-state index contributed by atoms with van der Waals surface area (Å²) in [6.07, 6.45) is 0. The van der Waals surface area contributed by atoms with Gasteiger partial charge in [0.2, 0.25) is 0 Å². The second-order valence-electron chi connectivity index (χ2n) is 12.1. The zero-order valence-corrected chi connectivity index (χ0v) is 33.5. The van der Waals surface area contributed by atoms with E-state index in [1.54, 1.807) is 24.3 Å². The lowest BCUT2D eigenvalue weighted by Crippen LogP contribution is -2.08. The Balaban J connectivity index is 1.32. The van der Waals surface area contributed by atoms with E-state index in [0.29, 0.717) is 29.2 Å². The Bertz CT molecular complexity index is 3150. The maximum absolute atomic E-state index is 12.0. The largest absolute Gasteiger partial charge is 0.505 e. The summed E-state index contributed by atoms with van der Waals surface area (Å²) < 4.78 is 116. The fourth-order valence-corrected chi connectivity index (χ4v) is 8.62. The van der Waals surface area contributed by atoms with Crippen LogP contribution in [0.15, 0.2) is 113 Å². The van der Waals surface area contributed by atoms with Gasteiger partial charge in [-0.15, -0.1) is 24.8 Å². The summed E-state index contributed by atoms with van der Waals surface area (Å²) in [5.74, 6) is -1.03. The highest BCUT2D eigenvalue weighted by molar-refractivity contribution is 7.94. The molecule has 0 spiro atoms. The molecule has 0 heterocycles. The van der Waals surface area contributed by atoms with Crippen molar-refractivity contribution in [1.29, 1.82) is 0 Å². The van der Waals surface area contributed by atoms with Crippen molar-refractivity contribution in [3.05, 3.63) is 72.8 Å². The molecule has 0 unspecified atom stereocenters. The van der Waals surface area contributed by atoms with Gasteiger partial charge in [0.1, 0.15) is 48.9 Å². The maximum atomic E-state index is 12.0. The summed E-state index contributed by atoms with van der Waals surface area (Å²) in [7, 11) is -12.4. The third-order valence-electron chi connectivity index (χ3n) is 8.65. The van der Waals surface area contributed by atoms with E-state index in [1.807, 2.05) is 0 Å². The molecule has 6 rings (SSSR count). The lowest BCUT2D eigenvalue weighted by molar-refractivity contribution is -0.432. The molecule has 0 aliphatic heterocycles.